The van der Waals surface area contributed by atoms with Crippen LogP contribution in [0.4, 0.5) is 0 Å². The molecule has 0 saturated heterocycles. The van der Waals surface area contributed by atoms with E-state index in [4.69, 9.17) is 65.0 Å². The van der Waals surface area contributed by atoms with Crippen LogP contribution in [0.25, 0.3) is 0 Å². The van der Waals surface area contributed by atoms with Crippen molar-refractivity contribution in [3.63, 3.8) is 0 Å². The normalized spacial score (nSPS) is 6.57. The Morgan fingerprint density at radius 2 is 0.571 bits per heavy atom. The summed E-state index contributed by atoms with van der Waals surface area (Å²) in [7, 11) is 0. The van der Waals surface area contributed by atoms with Crippen molar-refractivity contribution in [3.05, 3.63) is 30.6 Å². The molecule has 0 aromatic carbocycles. The SMILES string of the molecule is NCCN.NCCN.NCCN.O=[N+]([O-])[O-].O=[N+]([O-])[O-].[Co+2]. The standard InChI is InChI=1S/3C2H8N2.Co.2NO3/c3*3-1-2-4;;2*2-1(3)4/h3*1-4H2;;;/q;;;+2;2*-1. The molecule has 0 atom stereocenters. The molecule has 0 saturated carbocycles. The van der Waals surface area contributed by atoms with Crippen LogP contribution >= 0.6 is 0 Å². The molecule has 0 bridgehead atoms. The molecule has 133 valence electrons. The fourth-order valence-electron chi connectivity index (χ4n) is 0. The predicted molar refractivity (Wildman–Crippen MR) is 75.0 cm³/mol. The second-order valence-electron chi connectivity index (χ2n) is 2.18. The van der Waals surface area contributed by atoms with E-state index in [0.29, 0.717) is 39.3 Å². The number of hydrogen-bond acceptors (Lipinski definition) is 12. The van der Waals surface area contributed by atoms with Gasteiger partial charge in [0.1, 0.15) is 0 Å². The molecule has 1 radical (unpaired) electrons. The molecule has 0 aromatic heterocycles. The Morgan fingerprint density at radius 3 is 0.571 bits per heavy atom. The summed E-state index contributed by atoms with van der Waals surface area (Å²) >= 11 is 0. The van der Waals surface area contributed by atoms with E-state index in [0.717, 1.165) is 0 Å². The van der Waals surface area contributed by atoms with Crippen LogP contribution in [0.2, 0.25) is 0 Å². The zero-order valence-corrected chi connectivity index (χ0v) is 12.4. The van der Waals surface area contributed by atoms with Gasteiger partial charge in [-0.3, -0.25) is 0 Å². The van der Waals surface area contributed by atoms with Crippen molar-refractivity contribution in [1.82, 2.24) is 0 Å². The smallest absolute Gasteiger partial charge is 0.356 e. The first kappa shape index (κ1) is 36.7. The molecular weight excluding hydrogens is 339 g/mol. The molecule has 0 heterocycles. The molecular formula is C6H24CoN8O6. The van der Waals surface area contributed by atoms with Crippen LogP contribution in [0.5, 0.6) is 0 Å². The Kier molecular flexibility index (Phi) is 89.5. The molecule has 0 aliphatic carbocycles. The molecule has 0 rings (SSSR count). The second-order valence-corrected chi connectivity index (χ2v) is 2.18. The van der Waals surface area contributed by atoms with Gasteiger partial charge in [0.15, 0.2) is 0 Å². The zero-order chi connectivity index (χ0) is 17.4. The summed E-state index contributed by atoms with van der Waals surface area (Å²) in [5.41, 5.74) is 29.4. The van der Waals surface area contributed by atoms with Crippen LogP contribution in [-0.2, 0) is 16.8 Å². The van der Waals surface area contributed by atoms with E-state index in [1.54, 1.807) is 0 Å². The minimum atomic E-state index is -1.75. The first-order chi connectivity index (χ1) is 9.21. The number of hydrogen-bond donors (Lipinski definition) is 6. The molecule has 12 N–H and O–H groups in total. The van der Waals surface area contributed by atoms with E-state index in [1.807, 2.05) is 0 Å². The fourth-order valence-corrected chi connectivity index (χ4v) is 0. The fraction of sp³-hybridized carbons (Fsp3) is 1.00. The third-order valence-corrected chi connectivity index (χ3v) is 0.500. The largest absolute Gasteiger partial charge is 2.00 e. The Labute approximate surface area is 132 Å². The average molecular weight is 363 g/mol. The van der Waals surface area contributed by atoms with Gasteiger partial charge in [-0.1, -0.05) is 0 Å². The van der Waals surface area contributed by atoms with E-state index >= 15 is 0 Å². The van der Waals surface area contributed by atoms with Crippen LogP contribution in [0.3, 0.4) is 0 Å². The minimum Gasteiger partial charge on any atom is -0.356 e. The van der Waals surface area contributed by atoms with Gasteiger partial charge in [-0.15, -0.1) is 0 Å². The van der Waals surface area contributed by atoms with Gasteiger partial charge in [0.05, 0.1) is 10.2 Å². The first-order valence-corrected chi connectivity index (χ1v) is 5.04. The summed E-state index contributed by atoms with van der Waals surface area (Å²) in [6, 6.07) is 0. The van der Waals surface area contributed by atoms with E-state index in [2.05, 4.69) is 0 Å². The van der Waals surface area contributed by atoms with E-state index in [1.165, 1.54) is 0 Å². The first-order valence-electron chi connectivity index (χ1n) is 5.04. The van der Waals surface area contributed by atoms with Gasteiger partial charge in [0.25, 0.3) is 0 Å². The van der Waals surface area contributed by atoms with Crippen LogP contribution in [0.1, 0.15) is 0 Å². The van der Waals surface area contributed by atoms with Crippen molar-refractivity contribution in [2.24, 2.45) is 34.4 Å². The van der Waals surface area contributed by atoms with E-state index < -0.39 is 10.2 Å². The monoisotopic (exact) mass is 363 g/mol. The maximum Gasteiger partial charge on any atom is 2.00 e. The van der Waals surface area contributed by atoms with Gasteiger partial charge in [0.2, 0.25) is 0 Å². The maximum absolute atomic E-state index is 8.25. The number of rotatable bonds is 3. The maximum atomic E-state index is 8.25. The molecule has 0 aliphatic rings. The van der Waals surface area contributed by atoms with Crippen molar-refractivity contribution >= 4 is 0 Å². The molecule has 0 spiro atoms. The van der Waals surface area contributed by atoms with Crippen LogP contribution in [0.15, 0.2) is 0 Å². The van der Waals surface area contributed by atoms with E-state index in [-0.39, 0.29) is 16.8 Å². The molecule has 15 heteroatoms. The zero-order valence-electron chi connectivity index (χ0n) is 11.4. The summed E-state index contributed by atoms with van der Waals surface area (Å²) in [5, 5.41) is 29.5. The van der Waals surface area contributed by atoms with Crippen molar-refractivity contribution in [1.29, 1.82) is 0 Å². The Hall–Kier alpha value is -1.33. The molecule has 0 aromatic rings. The molecule has 21 heavy (non-hydrogen) atoms. The molecule has 0 fully saturated rings. The van der Waals surface area contributed by atoms with Crippen LogP contribution < -0.4 is 34.4 Å². The Balaban J connectivity index is -0.0000000331. The van der Waals surface area contributed by atoms with Crippen LogP contribution in [-0.4, -0.2) is 49.4 Å². The Bertz CT molecular complexity index is 144. The number of nitrogens with zero attached hydrogens (tertiary/aromatic N) is 2. The van der Waals surface area contributed by atoms with Crippen molar-refractivity contribution in [2.45, 2.75) is 0 Å². The molecule has 14 nitrogen and oxygen atoms in total. The van der Waals surface area contributed by atoms with Gasteiger partial charge < -0.3 is 65.0 Å². The third kappa shape index (κ3) is 1870. The van der Waals surface area contributed by atoms with Crippen molar-refractivity contribution < 1.29 is 27.0 Å². The predicted octanol–water partition coefficient (Wildman–Crippen LogP) is -3.77. The van der Waals surface area contributed by atoms with Crippen molar-refractivity contribution in [3.8, 4) is 0 Å². The van der Waals surface area contributed by atoms with Gasteiger partial charge in [-0.25, -0.2) is 0 Å². The quantitative estimate of drug-likeness (QED) is 0.208. The number of nitrogens with two attached hydrogens (primary N) is 6. The summed E-state index contributed by atoms with van der Waals surface area (Å²) in [5.74, 6) is 0. The molecule has 0 amide bonds. The van der Waals surface area contributed by atoms with Gasteiger partial charge >= 0.3 is 16.8 Å². The van der Waals surface area contributed by atoms with Crippen LogP contribution in [0, 0.1) is 30.6 Å². The minimum absolute atomic E-state index is 0. The average Bonchev–Trinajstić information content (AvgIpc) is 2.37. The molecule has 0 aliphatic heterocycles. The second kappa shape index (κ2) is 51.2. The summed E-state index contributed by atoms with van der Waals surface area (Å²) in [4.78, 5) is 16.5. The van der Waals surface area contributed by atoms with E-state index in [9.17, 15) is 0 Å². The van der Waals surface area contributed by atoms with Gasteiger partial charge in [-0.2, -0.15) is 0 Å². The Morgan fingerprint density at radius 1 is 0.524 bits per heavy atom. The summed E-state index contributed by atoms with van der Waals surface area (Å²) < 4.78 is 0. The summed E-state index contributed by atoms with van der Waals surface area (Å²) in [6.45, 7) is 3.58. The summed E-state index contributed by atoms with van der Waals surface area (Å²) in [6.07, 6.45) is 0. The van der Waals surface area contributed by atoms with Gasteiger partial charge in [0, 0.05) is 39.3 Å². The molecule has 0 unspecified atom stereocenters. The third-order valence-electron chi connectivity index (χ3n) is 0.500. The topological polar surface area (TPSA) is 289 Å². The van der Waals surface area contributed by atoms with Gasteiger partial charge in [-0.05, 0) is 0 Å². The van der Waals surface area contributed by atoms with Crippen molar-refractivity contribution in [2.75, 3.05) is 39.3 Å².